The van der Waals surface area contributed by atoms with Crippen LogP contribution in [0.2, 0.25) is 0 Å². The molecule has 74 valence electrons. The summed E-state index contributed by atoms with van der Waals surface area (Å²) in [6, 6.07) is 0. The van der Waals surface area contributed by atoms with E-state index in [1.165, 1.54) is 19.3 Å². The van der Waals surface area contributed by atoms with Gasteiger partial charge >= 0.3 is 0 Å². The van der Waals surface area contributed by atoms with Crippen LogP contribution >= 0.6 is 0 Å². The smallest absolute Gasteiger partial charge is 0.0793 e. The van der Waals surface area contributed by atoms with Gasteiger partial charge in [0.1, 0.15) is 0 Å². The Morgan fingerprint density at radius 1 is 1.46 bits per heavy atom. The normalized spacial score (nSPS) is 50.2. The van der Waals surface area contributed by atoms with Crippen LogP contribution in [0.5, 0.6) is 0 Å². The Labute approximate surface area is 81.2 Å². The fourth-order valence-corrected chi connectivity index (χ4v) is 3.07. The Bertz CT molecular complexity index is 221. The molecule has 1 nitrogen and oxygen atoms in total. The predicted molar refractivity (Wildman–Crippen MR) is 54.6 cm³/mol. The van der Waals surface area contributed by atoms with Crippen LogP contribution in [0.25, 0.3) is 0 Å². The number of ether oxygens (including phenoxy) is 1. The second-order valence-electron chi connectivity index (χ2n) is 4.94. The minimum atomic E-state index is 0.179. The van der Waals surface area contributed by atoms with Gasteiger partial charge in [0.25, 0.3) is 0 Å². The molecule has 0 aromatic carbocycles. The van der Waals surface area contributed by atoms with Gasteiger partial charge in [-0.05, 0) is 44.9 Å². The maximum Gasteiger partial charge on any atom is 0.0793 e. The lowest BCUT2D eigenvalue weighted by Gasteiger charge is -2.51. The first-order valence-corrected chi connectivity index (χ1v) is 5.45. The molecule has 2 saturated heterocycles. The maximum absolute atomic E-state index is 6.10. The molecule has 1 saturated carbocycles. The summed E-state index contributed by atoms with van der Waals surface area (Å²) < 4.78 is 6.10. The van der Waals surface area contributed by atoms with Gasteiger partial charge in [0, 0.05) is 0 Å². The third-order valence-electron chi connectivity index (χ3n) is 3.72. The molecule has 3 rings (SSSR count). The Kier molecular flexibility index (Phi) is 2.23. The monoisotopic (exact) mass is 180 g/mol. The van der Waals surface area contributed by atoms with Crippen LogP contribution in [0.4, 0.5) is 0 Å². The highest BCUT2D eigenvalue weighted by Gasteiger charge is 2.46. The Morgan fingerprint density at radius 2 is 2.23 bits per heavy atom. The molecule has 13 heavy (non-hydrogen) atoms. The van der Waals surface area contributed by atoms with E-state index in [4.69, 9.17) is 4.74 Å². The standard InChI is InChI=1S/C12H20O/c1-4-5-11-10-6-7-12(3,13-11)8-9(10)2/h4-5,9-11H,6-8H2,1-3H3. The molecule has 0 amide bonds. The van der Waals surface area contributed by atoms with E-state index in [1.54, 1.807) is 0 Å². The van der Waals surface area contributed by atoms with Crippen LogP contribution in [0, 0.1) is 11.8 Å². The van der Waals surface area contributed by atoms with Gasteiger partial charge in [-0.15, -0.1) is 0 Å². The molecule has 1 heteroatoms. The molecule has 0 aromatic rings. The average Bonchev–Trinajstić information content (AvgIpc) is 2.02. The zero-order chi connectivity index (χ0) is 9.47. The fourth-order valence-electron chi connectivity index (χ4n) is 3.07. The number of hydrogen-bond donors (Lipinski definition) is 0. The Hall–Kier alpha value is -0.300. The molecular weight excluding hydrogens is 160 g/mol. The van der Waals surface area contributed by atoms with Crippen LogP contribution in [0.1, 0.15) is 40.0 Å². The van der Waals surface area contributed by atoms with Crippen molar-refractivity contribution in [3.63, 3.8) is 0 Å². The number of fused-ring (bicyclic) bond motifs is 3. The molecule has 1 aliphatic carbocycles. The molecule has 0 spiro atoms. The van der Waals surface area contributed by atoms with Crippen molar-refractivity contribution in [3.8, 4) is 0 Å². The SMILES string of the molecule is CC=CC1OC2(C)CCC1C(C)C2. The topological polar surface area (TPSA) is 9.23 Å². The van der Waals surface area contributed by atoms with Crippen LogP contribution in [-0.2, 0) is 4.74 Å². The van der Waals surface area contributed by atoms with Crippen molar-refractivity contribution in [2.45, 2.75) is 51.7 Å². The van der Waals surface area contributed by atoms with Gasteiger partial charge < -0.3 is 4.74 Å². The van der Waals surface area contributed by atoms with E-state index < -0.39 is 0 Å². The number of rotatable bonds is 1. The highest BCUT2D eigenvalue weighted by Crippen LogP contribution is 2.47. The van der Waals surface area contributed by atoms with Gasteiger partial charge in [0.05, 0.1) is 11.7 Å². The molecule has 4 unspecified atom stereocenters. The lowest BCUT2D eigenvalue weighted by molar-refractivity contribution is -0.186. The van der Waals surface area contributed by atoms with E-state index in [2.05, 4.69) is 32.9 Å². The minimum Gasteiger partial charge on any atom is -0.368 e. The highest BCUT2D eigenvalue weighted by atomic mass is 16.5. The van der Waals surface area contributed by atoms with Crippen molar-refractivity contribution in [3.05, 3.63) is 12.2 Å². The summed E-state index contributed by atoms with van der Waals surface area (Å²) in [5.41, 5.74) is 0.179. The van der Waals surface area contributed by atoms with E-state index in [-0.39, 0.29) is 5.60 Å². The molecule has 0 radical (unpaired) electrons. The summed E-state index contributed by atoms with van der Waals surface area (Å²) in [4.78, 5) is 0. The van der Waals surface area contributed by atoms with Crippen LogP contribution in [0.3, 0.4) is 0 Å². The summed E-state index contributed by atoms with van der Waals surface area (Å²) in [6.45, 7) is 6.73. The molecule has 0 aromatic heterocycles. The second-order valence-corrected chi connectivity index (χ2v) is 4.94. The molecule has 3 aliphatic rings. The quantitative estimate of drug-likeness (QED) is 0.563. The molecule has 2 aliphatic heterocycles. The van der Waals surface area contributed by atoms with Crippen LogP contribution in [-0.4, -0.2) is 11.7 Å². The molecule has 3 fully saturated rings. The molecule has 4 atom stereocenters. The molecule has 2 heterocycles. The molecular formula is C12H20O. The lowest BCUT2D eigenvalue weighted by Crippen LogP contribution is -2.51. The van der Waals surface area contributed by atoms with Gasteiger partial charge in [0.15, 0.2) is 0 Å². The Balaban J connectivity index is 2.17. The predicted octanol–water partition coefficient (Wildman–Crippen LogP) is 3.16. The lowest BCUT2D eigenvalue weighted by atomic mass is 9.67. The van der Waals surface area contributed by atoms with Gasteiger partial charge in [-0.1, -0.05) is 19.1 Å². The number of hydrogen-bond acceptors (Lipinski definition) is 1. The average molecular weight is 180 g/mol. The zero-order valence-electron chi connectivity index (χ0n) is 8.92. The maximum atomic E-state index is 6.10. The third kappa shape index (κ3) is 1.54. The van der Waals surface area contributed by atoms with E-state index >= 15 is 0 Å². The Morgan fingerprint density at radius 3 is 2.77 bits per heavy atom. The van der Waals surface area contributed by atoms with Crippen molar-refractivity contribution in [1.82, 2.24) is 0 Å². The molecule has 2 bridgehead atoms. The summed E-state index contributed by atoms with van der Waals surface area (Å²) in [7, 11) is 0. The van der Waals surface area contributed by atoms with Gasteiger partial charge in [-0.2, -0.15) is 0 Å². The van der Waals surface area contributed by atoms with E-state index in [0.29, 0.717) is 6.10 Å². The minimum absolute atomic E-state index is 0.179. The molecule has 0 N–H and O–H groups in total. The van der Waals surface area contributed by atoms with Crippen LogP contribution < -0.4 is 0 Å². The summed E-state index contributed by atoms with van der Waals surface area (Å²) in [5.74, 6) is 1.62. The van der Waals surface area contributed by atoms with Crippen molar-refractivity contribution in [2.75, 3.05) is 0 Å². The van der Waals surface area contributed by atoms with E-state index in [0.717, 1.165) is 11.8 Å². The van der Waals surface area contributed by atoms with Crippen LogP contribution in [0.15, 0.2) is 12.2 Å². The van der Waals surface area contributed by atoms with Gasteiger partial charge in [-0.25, -0.2) is 0 Å². The van der Waals surface area contributed by atoms with Crippen molar-refractivity contribution in [2.24, 2.45) is 11.8 Å². The van der Waals surface area contributed by atoms with Crippen molar-refractivity contribution in [1.29, 1.82) is 0 Å². The zero-order valence-corrected chi connectivity index (χ0v) is 8.92. The highest BCUT2D eigenvalue weighted by molar-refractivity contribution is 5.03. The van der Waals surface area contributed by atoms with Gasteiger partial charge in [-0.3, -0.25) is 0 Å². The first kappa shape index (κ1) is 9.26. The summed E-state index contributed by atoms with van der Waals surface area (Å²) in [6.07, 6.45) is 8.63. The van der Waals surface area contributed by atoms with Crippen molar-refractivity contribution >= 4 is 0 Å². The summed E-state index contributed by atoms with van der Waals surface area (Å²) >= 11 is 0. The fraction of sp³-hybridized carbons (Fsp3) is 0.833. The van der Waals surface area contributed by atoms with E-state index in [1.807, 2.05) is 0 Å². The largest absolute Gasteiger partial charge is 0.368 e. The van der Waals surface area contributed by atoms with E-state index in [9.17, 15) is 0 Å². The van der Waals surface area contributed by atoms with Crippen molar-refractivity contribution < 1.29 is 4.74 Å². The third-order valence-corrected chi connectivity index (χ3v) is 3.72. The summed E-state index contributed by atoms with van der Waals surface area (Å²) in [5, 5.41) is 0. The number of allylic oxidation sites excluding steroid dienone is 1. The first-order chi connectivity index (χ1) is 6.14. The first-order valence-electron chi connectivity index (χ1n) is 5.45. The second kappa shape index (κ2) is 3.13. The van der Waals surface area contributed by atoms with Gasteiger partial charge in [0.2, 0.25) is 0 Å².